The largest absolute Gasteiger partial charge is 0.321 e. The van der Waals surface area contributed by atoms with Gasteiger partial charge in [-0.05, 0) is 36.6 Å². The molecule has 0 radical (unpaired) electrons. The molecule has 3 rings (SSSR count). The summed E-state index contributed by atoms with van der Waals surface area (Å²) in [5.74, 6) is -0.0932. The fourth-order valence-electron chi connectivity index (χ4n) is 3.01. The minimum atomic E-state index is -0.0932. The molecule has 6 heteroatoms. The predicted octanol–water partition coefficient (Wildman–Crippen LogP) is 2.41. The maximum atomic E-state index is 12.4. The van der Waals surface area contributed by atoms with Gasteiger partial charge in [0.15, 0.2) is 6.54 Å². The van der Waals surface area contributed by atoms with Crippen LogP contribution >= 0.6 is 22.9 Å². The number of fused-ring (bicyclic) bond motifs is 1. The summed E-state index contributed by atoms with van der Waals surface area (Å²) >= 11 is 7.75. The Bertz CT molecular complexity index is 780. The van der Waals surface area contributed by atoms with Crippen LogP contribution in [-0.4, -0.2) is 19.0 Å². The average molecular weight is 347 g/mol. The van der Waals surface area contributed by atoms with E-state index < -0.39 is 0 Å². The third-order valence-corrected chi connectivity index (χ3v) is 5.53. The first-order valence-electron chi connectivity index (χ1n) is 7.49. The van der Waals surface area contributed by atoms with Crippen molar-refractivity contribution < 1.29 is 9.69 Å². The molecule has 2 N–H and O–H groups in total. The molecule has 118 valence electrons. The van der Waals surface area contributed by atoms with Crippen molar-refractivity contribution in [2.45, 2.75) is 19.4 Å². The third-order valence-electron chi connectivity index (χ3n) is 4.30. The molecule has 2 aromatic rings. The van der Waals surface area contributed by atoms with E-state index in [2.05, 4.69) is 29.8 Å². The average Bonchev–Trinajstić information content (AvgIpc) is 3.00. The van der Waals surface area contributed by atoms with Gasteiger partial charge in [-0.25, -0.2) is 0 Å². The summed E-state index contributed by atoms with van der Waals surface area (Å²) in [7, 11) is 0. The molecular weight excluding hydrogens is 330 g/mol. The first-order valence-corrected chi connectivity index (χ1v) is 8.74. The van der Waals surface area contributed by atoms with Crippen molar-refractivity contribution >= 4 is 34.5 Å². The van der Waals surface area contributed by atoms with Gasteiger partial charge in [-0.2, -0.15) is 5.26 Å². The van der Waals surface area contributed by atoms with Gasteiger partial charge in [-0.3, -0.25) is 4.79 Å². The number of thiophene rings is 1. The van der Waals surface area contributed by atoms with Crippen LogP contribution in [0.2, 0.25) is 5.02 Å². The molecule has 0 saturated heterocycles. The number of anilines is 1. The number of hydrogen-bond acceptors (Lipinski definition) is 3. The highest BCUT2D eigenvalue weighted by Crippen LogP contribution is 2.24. The van der Waals surface area contributed by atoms with Crippen LogP contribution < -0.4 is 10.2 Å². The lowest BCUT2D eigenvalue weighted by atomic mass is 10.0. The Morgan fingerprint density at radius 3 is 3.13 bits per heavy atom. The van der Waals surface area contributed by atoms with Crippen LogP contribution in [0.25, 0.3) is 0 Å². The van der Waals surface area contributed by atoms with Crippen LogP contribution in [-0.2, 0) is 11.2 Å². The van der Waals surface area contributed by atoms with Crippen molar-refractivity contribution in [3.63, 3.8) is 0 Å². The van der Waals surface area contributed by atoms with Gasteiger partial charge in [-0.1, -0.05) is 11.6 Å². The van der Waals surface area contributed by atoms with Gasteiger partial charge in [0.1, 0.15) is 12.1 Å². The van der Waals surface area contributed by atoms with Gasteiger partial charge in [-0.15, -0.1) is 11.3 Å². The zero-order chi connectivity index (χ0) is 16.4. The second kappa shape index (κ2) is 6.71. The number of carbonyl (C=O) groups is 1. The van der Waals surface area contributed by atoms with E-state index in [1.165, 1.54) is 15.3 Å². The van der Waals surface area contributed by atoms with Crippen LogP contribution in [0.4, 0.5) is 5.69 Å². The molecule has 1 unspecified atom stereocenters. The van der Waals surface area contributed by atoms with E-state index in [9.17, 15) is 4.79 Å². The number of carbonyl (C=O) groups excluding carboxylic acids is 1. The lowest BCUT2D eigenvalue weighted by Gasteiger charge is -2.29. The van der Waals surface area contributed by atoms with Gasteiger partial charge in [0.25, 0.3) is 5.91 Å². The van der Waals surface area contributed by atoms with Crippen LogP contribution in [0.3, 0.4) is 0 Å². The monoisotopic (exact) mass is 346 g/mol. The van der Waals surface area contributed by atoms with E-state index in [0.29, 0.717) is 28.9 Å². The molecule has 23 heavy (non-hydrogen) atoms. The van der Waals surface area contributed by atoms with E-state index in [-0.39, 0.29) is 5.91 Å². The standard InChI is InChI=1S/C17H16ClN3OS/c1-11-14-5-7-23-16(14)4-6-21(11)10-17(22)20-15-8-13(18)3-2-12(15)9-19/h2-3,5,7-8,11H,4,6,10H2,1H3,(H,20,22)/p+1/t11-/m1/s1. The second-order valence-electron chi connectivity index (χ2n) is 5.71. The third kappa shape index (κ3) is 3.40. The smallest absolute Gasteiger partial charge is 0.279 e. The zero-order valence-corrected chi connectivity index (χ0v) is 14.3. The molecule has 1 aliphatic rings. The van der Waals surface area contributed by atoms with Crippen LogP contribution in [0, 0.1) is 11.3 Å². The Labute approximate surface area is 144 Å². The first kappa shape index (κ1) is 16.0. The number of benzene rings is 1. The maximum absolute atomic E-state index is 12.4. The second-order valence-corrected chi connectivity index (χ2v) is 7.14. The number of nitriles is 1. The predicted molar refractivity (Wildman–Crippen MR) is 91.9 cm³/mol. The van der Waals surface area contributed by atoms with Crippen molar-refractivity contribution in [3.05, 3.63) is 50.7 Å². The maximum Gasteiger partial charge on any atom is 0.279 e. The first-order chi connectivity index (χ1) is 11.1. The van der Waals surface area contributed by atoms with E-state index in [0.717, 1.165) is 13.0 Å². The number of nitrogens with one attached hydrogen (secondary N) is 2. The summed E-state index contributed by atoms with van der Waals surface area (Å²) in [5.41, 5.74) is 2.25. The SMILES string of the molecule is C[C@@H]1c2ccsc2CC[NH+]1CC(=O)Nc1cc(Cl)ccc1C#N. The highest BCUT2D eigenvalue weighted by atomic mass is 35.5. The van der Waals surface area contributed by atoms with Gasteiger partial charge in [0, 0.05) is 21.9 Å². The fraction of sp³-hybridized carbons (Fsp3) is 0.294. The summed E-state index contributed by atoms with van der Waals surface area (Å²) in [4.78, 5) is 15.1. The van der Waals surface area contributed by atoms with Crippen molar-refractivity contribution in [1.29, 1.82) is 5.26 Å². The highest BCUT2D eigenvalue weighted by molar-refractivity contribution is 7.10. The minimum absolute atomic E-state index is 0.0932. The molecule has 0 bridgehead atoms. The Morgan fingerprint density at radius 1 is 1.52 bits per heavy atom. The summed E-state index contributed by atoms with van der Waals surface area (Å²) in [5, 5.41) is 14.6. The van der Waals surface area contributed by atoms with Crippen LogP contribution in [0.5, 0.6) is 0 Å². The number of nitrogens with zero attached hydrogens (tertiary/aromatic N) is 1. The molecule has 2 atom stereocenters. The molecule has 1 amide bonds. The normalized spacial score (nSPS) is 19.7. The Morgan fingerprint density at radius 2 is 2.35 bits per heavy atom. The molecule has 4 nitrogen and oxygen atoms in total. The quantitative estimate of drug-likeness (QED) is 0.896. The van der Waals surface area contributed by atoms with Crippen molar-refractivity contribution in [1.82, 2.24) is 0 Å². The fourth-order valence-corrected chi connectivity index (χ4v) is 4.16. The number of halogens is 1. The lowest BCUT2D eigenvalue weighted by molar-refractivity contribution is -0.923. The Balaban J connectivity index is 1.69. The number of quaternary nitrogens is 1. The molecule has 1 aromatic carbocycles. The van der Waals surface area contributed by atoms with Gasteiger partial charge < -0.3 is 10.2 Å². The van der Waals surface area contributed by atoms with Crippen LogP contribution in [0.1, 0.15) is 29.0 Å². The molecule has 1 aromatic heterocycles. The molecule has 0 spiro atoms. The van der Waals surface area contributed by atoms with E-state index >= 15 is 0 Å². The van der Waals surface area contributed by atoms with E-state index in [4.69, 9.17) is 16.9 Å². The summed E-state index contributed by atoms with van der Waals surface area (Å²) in [6, 6.07) is 9.42. The zero-order valence-electron chi connectivity index (χ0n) is 12.7. The number of rotatable bonds is 3. The highest BCUT2D eigenvalue weighted by Gasteiger charge is 2.29. The lowest BCUT2D eigenvalue weighted by Crippen LogP contribution is -3.14. The summed E-state index contributed by atoms with van der Waals surface area (Å²) in [6.07, 6.45) is 1.01. The molecule has 2 heterocycles. The van der Waals surface area contributed by atoms with E-state index in [1.54, 1.807) is 29.5 Å². The van der Waals surface area contributed by atoms with Crippen molar-refractivity contribution in [3.8, 4) is 6.07 Å². The Hall–Kier alpha value is -1.87. The molecule has 1 aliphatic heterocycles. The van der Waals surface area contributed by atoms with Crippen LogP contribution in [0.15, 0.2) is 29.6 Å². The van der Waals surface area contributed by atoms with Gasteiger partial charge in [0.05, 0.1) is 17.8 Å². The topological polar surface area (TPSA) is 57.3 Å². The minimum Gasteiger partial charge on any atom is -0.321 e. The van der Waals surface area contributed by atoms with Crippen molar-refractivity contribution in [2.75, 3.05) is 18.4 Å². The molecule has 0 aliphatic carbocycles. The summed E-state index contributed by atoms with van der Waals surface area (Å²) < 4.78 is 0. The Kier molecular flexibility index (Phi) is 4.67. The number of hydrogen-bond donors (Lipinski definition) is 2. The molecule has 0 saturated carbocycles. The van der Waals surface area contributed by atoms with Gasteiger partial charge >= 0.3 is 0 Å². The summed E-state index contributed by atoms with van der Waals surface area (Å²) in [6.45, 7) is 3.49. The number of amides is 1. The molecular formula is C17H17ClN3OS+. The van der Waals surface area contributed by atoms with E-state index in [1.807, 2.05) is 0 Å². The van der Waals surface area contributed by atoms with Gasteiger partial charge in [0.2, 0.25) is 0 Å². The van der Waals surface area contributed by atoms with Crippen molar-refractivity contribution in [2.24, 2.45) is 0 Å². The molecule has 0 fully saturated rings.